The van der Waals surface area contributed by atoms with Gasteiger partial charge in [0.1, 0.15) is 0 Å². The third kappa shape index (κ3) is 6.25. The number of benzene rings is 1. The van der Waals surface area contributed by atoms with E-state index in [1.165, 1.54) is 24.1 Å². The molecule has 4 heteroatoms. The molecule has 0 spiro atoms. The van der Waals surface area contributed by atoms with Crippen molar-refractivity contribution in [3.8, 4) is 0 Å². The normalized spacial score (nSPS) is 11.1. The highest BCUT2D eigenvalue weighted by Gasteiger charge is 2.08. The molecule has 3 nitrogen and oxygen atoms in total. The van der Waals surface area contributed by atoms with Crippen LogP contribution in [0.25, 0.3) is 0 Å². The van der Waals surface area contributed by atoms with Crippen LogP contribution in [-0.2, 0) is 6.54 Å². The lowest BCUT2D eigenvalue weighted by Crippen LogP contribution is -2.25. The predicted octanol–water partition coefficient (Wildman–Crippen LogP) is 3.34. The van der Waals surface area contributed by atoms with Crippen LogP contribution in [0.2, 0.25) is 0 Å². The fourth-order valence-corrected chi connectivity index (χ4v) is 2.54. The van der Waals surface area contributed by atoms with Gasteiger partial charge in [0.05, 0.1) is 0 Å². The molecule has 0 aliphatic heterocycles. The van der Waals surface area contributed by atoms with Gasteiger partial charge in [-0.25, -0.2) is 0 Å². The summed E-state index contributed by atoms with van der Waals surface area (Å²) >= 11 is 3.58. The molecule has 20 heavy (non-hydrogen) atoms. The molecule has 0 bridgehead atoms. The van der Waals surface area contributed by atoms with Crippen molar-refractivity contribution in [1.29, 1.82) is 0 Å². The fraction of sp³-hybridized carbons (Fsp3) is 0.625. The van der Waals surface area contributed by atoms with Crippen LogP contribution < -0.4 is 10.2 Å². The average molecular weight is 342 g/mol. The smallest absolute Gasteiger partial charge is 0.0420 e. The zero-order chi connectivity index (χ0) is 15.0. The van der Waals surface area contributed by atoms with E-state index in [9.17, 15) is 0 Å². The number of hydrogen-bond acceptors (Lipinski definition) is 3. The molecule has 0 amide bonds. The summed E-state index contributed by atoms with van der Waals surface area (Å²) in [5.41, 5.74) is 2.69. The Morgan fingerprint density at radius 3 is 2.55 bits per heavy atom. The second-order valence-electron chi connectivity index (χ2n) is 5.53. The minimum Gasteiger partial charge on any atom is -0.374 e. The summed E-state index contributed by atoms with van der Waals surface area (Å²) in [7, 11) is 6.43. The highest BCUT2D eigenvalue weighted by atomic mass is 79.9. The quantitative estimate of drug-likeness (QED) is 0.695. The fourth-order valence-electron chi connectivity index (χ4n) is 2.19. The average Bonchev–Trinajstić information content (AvgIpc) is 2.40. The van der Waals surface area contributed by atoms with Crippen LogP contribution in [0.3, 0.4) is 0 Å². The van der Waals surface area contributed by atoms with Crippen molar-refractivity contribution in [3.05, 3.63) is 28.2 Å². The maximum absolute atomic E-state index is 3.58. The van der Waals surface area contributed by atoms with E-state index in [1.807, 2.05) is 0 Å². The molecule has 0 aliphatic rings. The Morgan fingerprint density at radius 1 is 1.15 bits per heavy atom. The number of rotatable bonds is 9. The zero-order valence-electron chi connectivity index (χ0n) is 13.2. The number of anilines is 1. The van der Waals surface area contributed by atoms with Crippen LogP contribution in [0.5, 0.6) is 0 Å². The van der Waals surface area contributed by atoms with Gasteiger partial charge in [0, 0.05) is 30.3 Å². The molecular weight excluding hydrogens is 314 g/mol. The lowest BCUT2D eigenvalue weighted by molar-refractivity contribution is 0.401. The largest absolute Gasteiger partial charge is 0.374 e. The van der Waals surface area contributed by atoms with E-state index in [4.69, 9.17) is 0 Å². The van der Waals surface area contributed by atoms with E-state index in [2.05, 4.69) is 77.3 Å². The second kappa shape index (κ2) is 9.37. The maximum Gasteiger partial charge on any atom is 0.0420 e. The van der Waals surface area contributed by atoms with Crippen LogP contribution in [-0.4, -0.2) is 45.7 Å². The molecule has 0 unspecified atom stereocenters. The molecule has 0 aliphatic carbocycles. The number of nitrogens with one attached hydrogen (secondary N) is 1. The molecule has 0 heterocycles. The van der Waals surface area contributed by atoms with E-state index < -0.39 is 0 Å². The first-order valence-electron chi connectivity index (χ1n) is 7.39. The number of nitrogens with zero attached hydrogens (tertiary/aromatic N) is 2. The minimum absolute atomic E-state index is 0.939. The van der Waals surface area contributed by atoms with E-state index in [1.54, 1.807) is 0 Å². The van der Waals surface area contributed by atoms with E-state index in [-0.39, 0.29) is 0 Å². The monoisotopic (exact) mass is 341 g/mol. The van der Waals surface area contributed by atoms with Crippen molar-refractivity contribution in [2.45, 2.75) is 26.3 Å². The molecule has 0 fully saturated rings. The minimum atomic E-state index is 0.939. The highest BCUT2D eigenvalue weighted by molar-refractivity contribution is 9.10. The summed E-state index contributed by atoms with van der Waals surface area (Å²) in [5, 5.41) is 3.49. The SMILES string of the molecule is CCCNCc1ccc(Br)cc1N(C)CCCN(C)C. The molecule has 0 saturated heterocycles. The Labute approximate surface area is 132 Å². The summed E-state index contributed by atoms with van der Waals surface area (Å²) in [6.07, 6.45) is 2.35. The van der Waals surface area contributed by atoms with E-state index in [0.29, 0.717) is 0 Å². The van der Waals surface area contributed by atoms with Crippen LogP contribution in [0.1, 0.15) is 25.3 Å². The predicted molar refractivity (Wildman–Crippen MR) is 92.6 cm³/mol. The topological polar surface area (TPSA) is 18.5 Å². The van der Waals surface area contributed by atoms with Gasteiger partial charge in [0.2, 0.25) is 0 Å². The summed E-state index contributed by atoms with van der Waals surface area (Å²) < 4.78 is 1.14. The van der Waals surface area contributed by atoms with Crippen molar-refractivity contribution >= 4 is 21.6 Å². The molecule has 0 aromatic heterocycles. The van der Waals surface area contributed by atoms with Crippen molar-refractivity contribution in [3.63, 3.8) is 0 Å². The Bertz CT molecular complexity index is 393. The first kappa shape index (κ1) is 17.5. The lowest BCUT2D eigenvalue weighted by Gasteiger charge is -2.24. The molecule has 1 aromatic carbocycles. The summed E-state index contributed by atoms with van der Waals surface area (Å²) in [4.78, 5) is 4.59. The van der Waals surface area contributed by atoms with Gasteiger partial charge in [0.15, 0.2) is 0 Å². The molecule has 1 aromatic rings. The van der Waals surface area contributed by atoms with Gasteiger partial charge in [-0.3, -0.25) is 0 Å². The van der Waals surface area contributed by atoms with Gasteiger partial charge in [-0.15, -0.1) is 0 Å². The Hall–Kier alpha value is -0.580. The number of halogens is 1. The highest BCUT2D eigenvalue weighted by Crippen LogP contribution is 2.24. The van der Waals surface area contributed by atoms with Crippen molar-refractivity contribution in [1.82, 2.24) is 10.2 Å². The van der Waals surface area contributed by atoms with Gasteiger partial charge in [-0.05, 0) is 57.7 Å². The first-order valence-corrected chi connectivity index (χ1v) is 8.19. The lowest BCUT2D eigenvalue weighted by atomic mass is 10.1. The molecule has 0 saturated carbocycles. The Balaban J connectivity index is 2.66. The second-order valence-corrected chi connectivity index (χ2v) is 6.44. The van der Waals surface area contributed by atoms with Gasteiger partial charge < -0.3 is 15.1 Å². The summed E-state index contributed by atoms with van der Waals surface area (Å²) in [5.74, 6) is 0. The van der Waals surface area contributed by atoms with Crippen LogP contribution >= 0.6 is 15.9 Å². The van der Waals surface area contributed by atoms with Crippen molar-refractivity contribution in [2.75, 3.05) is 45.7 Å². The number of hydrogen-bond donors (Lipinski definition) is 1. The molecule has 1 N–H and O–H groups in total. The summed E-state index contributed by atoms with van der Waals surface area (Å²) in [6, 6.07) is 6.56. The van der Waals surface area contributed by atoms with E-state index in [0.717, 1.165) is 30.7 Å². The van der Waals surface area contributed by atoms with E-state index >= 15 is 0 Å². The summed E-state index contributed by atoms with van der Waals surface area (Å²) in [6.45, 7) is 6.41. The Kier molecular flexibility index (Phi) is 8.19. The Morgan fingerprint density at radius 2 is 1.90 bits per heavy atom. The zero-order valence-corrected chi connectivity index (χ0v) is 14.8. The van der Waals surface area contributed by atoms with Crippen LogP contribution in [0.15, 0.2) is 22.7 Å². The molecule has 0 radical (unpaired) electrons. The molecule has 114 valence electrons. The standard InChI is InChI=1S/C16H28BrN3/c1-5-9-18-13-14-7-8-15(17)12-16(14)20(4)11-6-10-19(2)3/h7-8,12,18H,5-6,9-11,13H2,1-4H3. The van der Waals surface area contributed by atoms with Crippen molar-refractivity contribution < 1.29 is 0 Å². The molecule has 0 atom stereocenters. The van der Waals surface area contributed by atoms with Gasteiger partial charge in [0.25, 0.3) is 0 Å². The van der Waals surface area contributed by atoms with Crippen LogP contribution in [0.4, 0.5) is 5.69 Å². The third-order valence-corrected chi connectivity index (χ3v) is 3.79. The van der Waals surface area contributed by atoms with Gasteiger partial charge >= 0.3 is 0 Å². The van der Waals surface area contributed by atoms with Crippen LogP contribution in [0, 0.1) is 0 Å². The molecule has 1 rings (SSSR count). The molecular formula is C16H28BrN3. The van der Waals surface area contributed by atoms with Gasteiger partial charge in [-0.1, -0.05) is 28.9 Å². The third-order valence-electron chi connectivity index (χ3n) is 3.30. The maximum atomic E-state index is 3.58. The first-order chi connectivity index (χ1) is 9.54. The van der Waals surface area contributed by atoms with Gasteiger partial charge in [-0.2, -0.15) is 0 Å². The van der Waals surface area contributed by atoms with Crippen molar-refractivity contribution in [2.24, 2.45) is 0 Å².